The van der Waals surface area contributed by atoms with Gasteiger partial charge in [-0.3, -0.25) is 4.79 Å². The van der Waals surface area contributed by atoms with Gasteiger partial charge in [0.25, 0.3) is 0 Å². The van der Waals surface area contributed by atoms with Gasteiger partial charge >= 0.3 is 6.61 Å². The van der Waals surface area contributed by atoms with Crippen molar-refractivity contribution < 1.29 is 18.3 Å². The fourth-order valence-corrected chi connectivity index (χ4v) is 2.73. The zero-order chi connectivity index (χ0) is 15.5. The first-order valence-corrected chi connectivity index (χ1v) is 7.66. The molecule has 0 bridgehead atoms. The van der Waals surface area contributed by atoms with Crippen LogP contribution in [0.1, 0.15) is 31.2 Å². The van der Waals surface area contributed by atoms with Crippen molar-refractivity contribution >= 4 is 12.0 Å². The number of para-hydroxylation sites is 1. The second kappa shape index (κ2) is 6.46. The summed E-state index contributed by atoms with van der Waals surface area (Å²) in [5.74, 6) is 1.15. The van der Waals surface area contributed by atoms with E-state index in [-0.39, 0.29) is 17.7 Å². The van der Waals surface area contributed by atoms with Gasteiger partial charge < -0.3 is 10.1 Å². The van der Waals surface area contributed by atoms with Crippen LogP contribution in [0.15, 0.2) is 30.3 Å². The number of rotatable bonds is 7. The summed E-state index contributed by atoms with van der Waals surface area (Å²) in [6.07, 6.45) is 7.67. The Morgan fingerprint density at radius 1 is 1.18 bits per heavy atom. The maximum Gasteiger partial charge on any atom is 0.387 e. The van der Waals surface area contributed by atoms with E-state index >= 15 is 0 Å². The number of hydrogen-bond acceptors (Lipinski definition) is 2. The van der Waals surface area contributed by atoms with E-state index in [1.807, 2.05) is 0 Å². The Bertz CT molecular complexity index is 554. The van der Waals surface area contributed by atoms with Crippen LogP contribution in [-0.2, 0) is 4.79 Å². The SMILES string of the molecule is O=C(/C=C/c1ccccc1OC(F)F)NC(C1CC1)C1CC1. The summed E-state index contributed by atoms with van der Waals surface area (Å²) >= 11 is 0. The number of carbonyl (C=O) groups excluding carboxylic acids is 1. The molecule has 5 heteroatoms. The maximum absolute atomic E-state index is 12.3. The molecule has 22 heavy (non-hydrogen) atoms. The summed E-state index contributed by atoms with van der Waals surface area (Å²) in [4.78, 5) is 12.0. The number of hydrogen-bond donors (Lipinski definition) is 1. The highest BCUT2D eigenvalue weighted by molar-refractivity contribution is 5.92. The van der Waals surface area contributed by atoms with Crippen LogP contribution in [0.25, 0.3) is 6.08 Å². The van der Waals surface area contributed by atoms with Crippen molar-refractivity contribution in [2.24, 2.45) is 11.8 Å². The van der Waals surface area contributed by atoms with Crippen LogP contribution in [0.5, 0.6) is 5.75 Å². The van der Waals surface area contributed by atoms with Gasteiger partial charge in [-0.25, -0.2) is 0 Å². The quantitative estimate of drug-likeness (QED) is 0.782. The lowest BCUT2D eigenvalue weighted by atomic mass is 10.1. The third kappa shape index (κ3) is 4.06. The van der Waals surface area contributed by atoms with E-state index in [2.05, 4.69) is 10.1 Å². The zero-order valence-corrected chi connectivity index (χ0v) is 12.2. The first kappa shape index (κ1) is 15.0. The van der Waals surface area contributed by atoms with Crippen LogP contribution in [0.4, 0.5) is 8.78 Å². The standard InChI is InChI=1S/C17H19F2NO2/c18-17(19)22-14-4-2-1-3-11(14)9-10-15(21)20-16(12-5-6-12)13-7-8-13/h1-4,9-10,12-13,16-17H,5-8H2,(H,20,21)/b10-9+. The van der Waals surface area contributed by atoms with E-state index in [1.54, 1.807) is 18.2 Å². The Morgan fingerprint density at radius 3 is 2.41 bits per heavy atom. The van der Waals surface area contributed by atoms with Crippen molar-refractivity contribution in [3.05, 3.63) is 35.9 Å². The summed E-state index contributed by atoms with van der Waals surface area (Å²) in [5.41, 5.74) is 0.465. The van der Waals surface area contributed by atoms with Crippen molar-refractivity contribution in [3.63, 3.8) is 0 Å². The second-order valence-electron chi connectivity index (χ2n) is 5.96. The Balaban J connectivity index is 1.61. The van der Waals surface area contributed by atoms with Gasteiger partial charge in [0.05, 0.1) is 0 Å². The molecule has 0 saturated heterocycles. The number of alkyl halides is 2. The van der Waals surface area contributed by atoms with Crippen molar-refractivity contribution in [2.75, 3.05) is 0 Å². The zero-order valence-electron chi connectivity index (χ0n) is 12.2. The van der Waals surface area contributed by atoms with Gasteiger partial charge in [-0.05, 0) is 49.7 Å². The maximum atomic E-state index is 12.3. The van der Waals surface area contributed by atoms with E-state index < -0.39 is 6.61 Å². The summed E-state index contributed by atoms with van der Waals surface area (Å²) < 4.78 is 29.1. The number of ether oxygens (including phenoxy) is 1. The second-order valence-corrected chi connectivity index (χ2v) is 5.96. The van der Waals surface area contributed by atoms with Crippen molar-refractivity contribution in [1.29, 1.82) is 0 Å². The van der Waals surface area contributed by atoms with E-state index in [9.17, 15) is 13.6 Å². The largest absolute Gasteiger partial charge is 0.434 e. The molecule has 1 amide bonds. The van der Waals surface area contributed by atoms with Gasteiger partial charge in [-0.1, -0.05) is 18.2 Å². The molecule has 1 aromatic rings. The molecular formula is C17H19F2NO2. The van der Waals surface area contributed by atoms with Crippen LogP contribution < -0.4 is 10.1 Å². The third-order valence-electron chi connectivity index (χ3n) is 4.12. The van der Waals surface area contributed by atoms with Crippen LogP contribution >= 0.6 is 0 Å². The normalized spacial score (nSPS) is 18.2. The fourth-order valence-electron chi connectivity index (χ4n) is 2.73. The number of carbonyl (C=O) groups is 1. The van der Waals surface area contributed by atoms with Gasteiger partial charge in [0.1, 0.15) is 5.75 Å². The number of nitrogens with one attached hydrogen (secondary N) is 1. The minimum atomic E-state index is -2.88. The van der Waals surface area contributed by atoms with E-state index in [4.69, 9.17) is 0 Å². The molecule has 0 aliphatic heterocycles. The average Bonchev–Trinajstić information content (AvgIpc) is 3.37. The highest BCUT2D eigenvalue weighted by atomic mass is 19.3. The smallest absolute Gasteiger partial charge is 0.387 e. The molecule has 0 radical (unpaired) electrons. The Hall–Kier alpha value is -1.91. The molecule has 1 N–H and O–H groups in total. The predicted molar refractivity (Wildman–Crippen MR) is 79.5 cm³/mol. The minimum Gasteiger partial charge on any atom is -0.434 e. The molecule has 0 heterocycles. The van der Waals surface area contributed by atoms with E-state index in [1.165, 1.54) is 43.9 Å². The molecule has 0 aromatic heterocycles. The first-order chi connectivity index (χ1) is 10.6. The summed E-state index contributed by atoms with van der Waals surface area (Å²) in [5, 5.41) is 3.06. The molecule has 0 unspecified atom stereocenters. The topological polar surface area (TPSA) is 38.3 Å². The molecule has 1 aromatic carbocycles. The molecule has 2 fully saturated rings. The van der Waals surface area contributed by atoms with Crippen molar-refractivity contribution in [3.8, 4) is 5.75 Å². The van der Waals surface area contributed by atoms with E-state index in [0.29, 0.717) is 17.4 Å². The number of benzene rings is 1. The number of halogens is 2. The van der Waals surface area contributed by atoms with Crippen LogP contribution in [0.3, 0.4) is 0 Å². The van der Waals surface area contributed by atoms with Gasteiger partial charge in [-0.15, -0.1) is 0 Å². The molecule has 118 valence electrons. The molecule has 3 rings (SSSR count). The Labute approximate surface area is 128 Å². The molecule has 3 nitrogen and oxygen atoms in total. The van der Waals surface area contributed by atoms with E-state index in [0.717, 1.165) is 0 Å². The summed E-state index contributed by atoms with van der Waals surface area (Å²) in [6, 6.07) is 6.71. The van der Waals surface area contributed by atoms with Gasteiger partial charge in [0.2, 0.25) is 5.91 Å². The van der Waals surface area contributed by atoms with Crippen molar-refractivity contribution in [1.82, 2.24) is 5.32 Å². The highest BCUT2D eigenvalue weighted by Gasteiger charge is 2.41. The van der Waals surface area contributed by atoms with Gasteiger partial charge in [-0.2, -0.15) is 8.78 Å². The first-order valence-electron chi connectivity index (χ1n) is 7.66. The highest BCUT2D eigenvalue weighted by Crippen LogP contribution is 2.44. The van der Waals surface area contributed by atoms with Gasteiger partial charge in [0.15, 0.2) is 0 Å². The van der Waals surface area contributed by atoms with Crippen LogP contribution in [0.2, 0.25) is 0 Å². The molecular weight excluding hydrogens is 288 g/mol. The molecule has 2 aliphatic carbocycles. The third-order valence-corrected chi connectivity index (χ3v) is 4.12. The lowest BCUT2D eigenvalue weighted by Gasteiger charge is -2.16. The summed E-state index contributed by atoms with van der Waals surface area (Å²) in [6.45, 7) is -2.88. The Morgan fingerprint density at radius 2 is 1.82 bits per heavy atom. The average molecular weight is 307 g/mol. The predicted octanol–water partition coefficient (Wildman–Crippen LogP) is 3.61. The summed E-state index contributed by atoms with van der Waals surface area (Å²) in [7, 11) is 0. The minimum absolute atomic E-state index is 0.0717. The number of amides is 1. The lowest BCUT2D eigenvalue weighted by molar-refractivity contribution is -0.117. The molecule has 2 aliphatic rings. The lowest BCUT2D eigenvalue weighted by Crippen LogP contribution is -2.37. The molecule has 0 spiro atoms. The van der Waals surface area contributed by atoms with Crippen molar-refractivity contribution in [2.45, 2.75) is 38.3 Å². The van der Waals surface area contributed by atoms with Crippen LogP contribution in [0, 0.1) is 11.8 Å². The van der Waals surface area contributed by atoms with Gasteiger partial charge in [0, 0.05) is 17.7 Å². The molecule has 2 saturated carbocycles. The monoisotopic (exact) mass is 307 g/mol. The fraction of sp³-hybridized carbons (Fsp3) is 0.471. The van der Waals surface area contributed by atoms with Crippen LogP contribution in [-0.4, -0.2) is 18.6 Å². The Kier molecular flexibility index (Phi) is 4.41. The molecule has 0 atom stereocenters.